The van der Waals surface area contributed by atoms with Gasteiger partial charge in [-0.2, -0.15) is 0 Å². The van der Waals surface area contributed by atoms with Gasteiger partial charge in [-0.1, -0.05) is 66.7 Å². The fourth-order valence-corrected chi connectivity index (χ4v) is 5.00. The fraction of sp³-hybridized carbons (Fsp3) is 0.312. The minimum atomic E-state index is -1.77. The first-order chi connectivity index (χ1) is 21.7. The van der Waals surface area contributed by atoms with Gasteiger partial charge in [-0.3, -0.25) is 19.2 Å². The molecule has 45 heavy (non-hydrogen) atoms. The molecule has 0 aliphatic carbocycles. The molecule has 2 aromatic carbocycles. The van der Waals surface area contributed by atoms with Crippen LogP contribution in [0.2, 0.25) is 0 Å². The number of nitrogens with two attached hydrogens (primary N) is 1. The van der Waals surface area contributed by atoms with Crippen molar-refractivity contribution >= 4 is 35.5 Å². The van der Waals surface area contributed by atoms with Gasteiger partial charge in [0.2, 0.25) is 17.7 Å². The number of rotatable bonds is 13. The number of ether oxygens (including phenoxy) is 1. The van der Waals surface area contributed by atoms with E-state index >= 15 is 0 Å². The van der Waals surface area contributed by atoms with Crippen LogP contribution >= 0.6 is 0 Å². The van der Waals surface area contributed by atoms with E-state index in [1.807, 2.05) is 6.07 Å². The molecule has 0 unspecified atom stereocenters. The number of anilines is 1. The average Bonchev–Trinajstić information content (AvgIpc) is 3.54. The van der Waals surface area contributed by atoms with Gasteiger partial charge >= 0.3 is 6.09 Å². The molecule has 0 bridgehead atoms. The molecule has 4 rings (SSSR count). The Bertz CT molecular complexity index is 1460. The third-order valence-electron chi connectivity index (χ3n) is 7.24. The minimum Gasteiger partial charge on any atom is -0.445 e. The van der Waals surface area contributed by atoms with E-state index < -0.39 is 60.4 Å². The summed E-state index contributed by atoms with van der Waals surface area (Å²) in [6.07, 6.45) is -0.827. The number of hydrogen-bond acceptors (Lipinski definition) is 8. The number of carbonyl (C=O) groups is 5. The quantitative estimate of drug-likeness (QED) is 0.189. The molecule has 1 aliphatic heterocycles. The number of pyridine rings is 1. The molecule has 4 atom stereocenters. The number of carbonyl (C=O) groups excluding carboxylic acids is 5. The molecule has 1 fully saturated rings. The molecule has 13 nitrogen and oxygen atoms in total. The molecule has 5 amide bonds. The molecule has 0 spiro atoms. The van der Waals surface area contributed by atoms with Crippen molar-refractivity contribution < 1.29 is 33.8 Å². The van der Waals surface area contributed by atoms with Crippen molar-refractivity contribution in [3.05, 3.63) is 96.2 Å². The zero-order valence-corrected chi connectivity index (χ0v) is 24.5. The van der Waals surface area contributed by atoms with Gasteiger partial charge in [0.05, 0.1) is 12.5 Å². The maximum absolute atomic E-state index is 13.6. The van der Waals surface area contributed by atoms with Crippen LogP contribution < -0.4 is 21.7 Å². The molecule has 236 valence electrons. The Morgan fingerprint density at radius 3 is 2.24 bits per heavy atom. The number of hydrogen-bond donors (Lipinski definition) is 5. The second-order valence-electron chi connectivity index (χ2n) is 10.6. The standard InChI is InChI=1S/C32H36N6O7/c33-26(39)19-24(36-32(44)45-20-22-12-5-2-6-13-22)29(41)35-23(18-21-10-3-1-4-11-21)28(40)31(43)38-17-9-14-25(38)30(42)37-27-15-7-8-16-34-27/h1-8,10-13,15-16,23-25,28,40H,9,14,17-20H2,(H2,33,39)(H,35,41)(H,36,44)(H,34,37,42)/t23-,24-,25-,28-/m0/s1. The Morgan fingerprint density at radius 1 is 0.933 bits per heavy atom. The van der Waals surface area contributed by atoms with Crippen LogP contribution in [-0.4, -0.2) is 75.5 Å². The normalized spacial score (nSPS) is 16.1. The first kappa shape index (κ1) is 32.6. The monoisotopic (exact) mass is 616 g/mol. The highest BCUT2D eigenvalue weighted by Gasteiger charge is 2.40. The van der Waals surface area contributed by atoms with Crippen LogP contribution in [0.25, 0.3) is 0 Å². The highest BCUT2D eigenvalue weighted by molar-refractivity contribution is 5.98. The summed E-state index contributed by atoms with van der Waals surface area (Å²) in [7, 11) is 0. The van der Waals surface area contributed by atoms with Crippen LogP contribution in [0.4, 0.5) is 10.6 Å². The van der Waals surface area contributed by atoms with Gasteiger partial charge in [0, 0.05) is 12.7 Å². The Morgan fingerprint density at radius 2 is 1.60 bits per heavy atom. The van der Waals surface area contributed by atoms with E-state index in [0.717, 1.165) is 0 Å². The van der Waals surface area contributed by atoms with Gasteiger partial charge < -0.3 is 36.4 Å². The first-order valence-electron chi connectivity index (χ1n) is 14.5. The summed E-state index contributed by atoms with van der Waals surface area (Å²) in [5.41, 5.74) is 6.76. The van der Waals surface area contributed by atoms with Crippen LogP contribution in [0, 0.1) is 0 Å². The maximum Gasteiger partial charge on any atom is 0.408 e. The zero-order chi connectivity index (χ0) is 32.2. The number of aromatic nitrogens is 1. The van der Waals surface area contributed by atoms with E-state index in [1.54, 1.807) is 72.8 Å². The van der Waals surface area contributed by atoms with Gasteiger partial charge in [0.1, 0.15) is 24.5 Å². The second-order valence-corrected chi connectivity index (χ2v) is 10.6. The number of aliphatic hydroxyl groups excluding tert-OH is 1. The van der Waals surface area contributed by atoms with Crippen molar-refractivity contribution in [2.75, 3.05) is 11.9 Å². The van der Waals surface area contributed by atoms with Crippen molar-refractivity contribution in [2.24, 2.45) is 5.73 Å². The average molecular weight is 617 g/mol. The molecule has 6 N–H and O–H groups in total. The smallest absolute Gasteiger partial charge is 0.408 e. The van der Waals surface area contributed by atoms with Crippen LogP contribution in [-0.2, 0) is 36.9 Å². The molecule has 1 aliphatic rings. The van der Waals surface area contributed by atoms with E-state index in [0.29, 0.717) is 29.8 Å². The highest BCUT2D eigenvalue weighted by Crippen LogP contribution is 2.21. The summed E-state index contributed by atoms with van der Waals surface area (Å²) in [5.74, 6) is -2.60. The number of likely N-dealkylation sites (tertiary alicyclic amines) is 1. The molecule has 3 aromatic rings. The summed E-state index contributed by atoms with van der Waals surface area (Å²) in [4.78, 5) is 69.8. The SMILES string of the molecule is NC(=O)C[C@H](NC(=O)OCc1ccccc1)C(=O)N[C@@H](Cc1ccccc1)[C@H](O)C(=O)N1CCC[C@H]1C(=O)Nc1ccccn1. The van der Waals surface area contributed by atoms with Crippen LogP contribution in [0.1, 0.15) is 30.4 Å². The van der Waals surface area contributed by atoms with Gasteiger partial charge in [0.15, 0.2) is 6.10 Å². The van der Waals surface area contributed by atoms with E-state index in [2.05, 4.69) is 20.9 Å². The van der Waals surface area contributed by atoms with E-state index in [1.165, 1.54) is 11.1 Å². The van der Waals surface area contributed by atoms with E-state index in [-0.39, 0.29) is 19.6 Å². The summed E-state index contributed by atoms with van der Waals surface area (Å²) in [6.45, 7) is 0.146. The van der Waals surface area contributed by atoms with Gasteiger partial charge in [0.25, 0.3) is 5.91 Å². The number of nitrogens with zero attached hydrogens (tertiary/aromatic N) is 2. The fourth-order valence-electron chi connectivity index (χ4n) is 5.00. The number of nitrogens with one attached hydrogen (secondary N) is 3. The molecule has 1 aromatic heterocycles. The summed E-state index contributed by atoms with van der Waals surface area (Å²) < 4.78 is 5.19. The van der Waals surface area contributed by atoms with Gasteiger partial charge in [-0.05, 0) is 42.5 Å². The Balaban J connectivity index is 1.47. The molecule has 1 saturated heterocycles. The van der Waals surface area contributed by atoms with E-state index in [9.17, 15) is 29.1 Å². The first-order valence-corrected chi connectivity index (χ1v) is 14.5. The lowest BCUT2D eigenvalue weighted by molar-refractivity contribution is -0.146. The topological polar surface area (TPSA) is 193 Å². The highest BCUT2D eigenvalue weighted by atomic mass is 16.5. The van der Waals surface area contributed by atoms with Gasteiger partial charge in [-0.25, -0.2) is 9.78 Å². The lowest BCUT2D eigenvalue weighted by Crippen LogP contribution is -2.58. The maximum atomic E-state index is 13.6. The van der Waals surface area contributed by atoms with Crippen molar-refractivity contribution in [2.45, 2.75) is 56.5 Å². The Kier molecular flexibility index (Phi) is 11.6. The predicted molar refractivity (Wildman–Crippen MR) is 163 cm³/mol. The predicted octanol–water partition coefficient (Wildman–Crippen LogP) is 1.27. The van der Waals surface area contributed by atoms with Crippen molar-refractivity contribution in [1.82, 2.24) is 20.5 Å². The van der Waals surface area contributed by atoms with Crippen LogP contribution in [0.15, 0.2) is 85.1 Å². The zero-order valence-electron chi connectivity index (χ0n) is 24.5. The van der Waals surface area contributed by atoms with Crippen LogP contribution in [0.5, 0.6) is 0 Å². The van der Waals surface area contributed by atoms with Gasteiger partial charge in [-0.15, -0.1) is 0 Å². The largest absolute Gasteiger partial charge is 0.445 e. The third-order valence-corrected chi connectivity index (χ3v) is 7.24. The van der Waals surface area contributed by atoms with Crippen molar-refractivity contribution in [3.8, 4) is 0 Å². The third kappa shape index (κ3) is 9.60. The Hall–Kier alpha value is -5.30. The Labute approximate surface area is 260 Å². The van der Waals surface area contributed by atoms with E-state index in [4.69, 9.17) is 10.5 Å². The molecule has 0 saturated carbocycles. The van der Waals surface area contributed by atoms with Crippen molar-refractivity contribution in [3.63, 3.8) is 0 Å². The molecule has 13 heteroatoms. The lowest BCUT2D eigenvalue weighted by Gasteiger charge is -2.31. The molecular formula is C32H36N6O7. The number of alkyl carbamates (subject to hydrolysis) is 1. The second kappa shape index (κ2) is 16.0. The molecular weight excluding hydrogens is 580 g/mol. The lowest BCUT2D eigenvalue weighted by atomic mass is 9.99. The molecule has 2 heterocycles. The van der Waals surface area contributed by atoms with Crippen LogP contribution in [0.3, 0.4) is 0 Å². The minimum absolute atomic E-state index is 0.0276. The number of benzene rings is 2. The number of amides is 5. The van der Waals surface area contributed by atoms with Crippen molar-refractivity contribution in [1.29, 1.82) is 0 Å². The summed E-state index contributed by atoms with van der Waals surface area (Å²) in [5, 5.41) is 19.0. The summed E-state index contributed by atoms with van der Waals surface area (Å²) >= 11 is 0. The molecule has 0 radical (unpaired) electrons. The summed E-state index contributed by atoms with van der Waals surface area (Å²) in [6, 6.07) is 19.2. The number of primary amides is 1. The number of aliphatic hydroxyl groups is 1.